The van der Waals surface area contributed by atoms with Crippen LogP contribution in [0.4, 0.5) is 0 Å². The normalized spacial score (nSPS) is 23.8. The molecule has 2 N–H and O–H groups in total. The lowest BCUT2D eigenvalue weighted by Crippen LogP contribution is -1.96. The number of hydrogen-bond donors (Lipinski definition) is 2. The van der Waals surface area contributed by atoms with Crippen molar-refractivity contribution in [3.8, 4) is 11.5 Å². The maximum absolute atomic E-state index is 10.5. The van der Waals surface area contributed by atoms with Crippen LogP contribution in [-0.2, 0) is 0 Å². The van der Waals surface area contributed by atoms with Crippen LogP contribution in [0.15, 0.2) is 30.4 Å². The van der Waals surface area contributed by atoms with Gasteiger partial charge in [0.1, 0.15) is 11.5 Å². The monoisotopic (exact) mass is 258 g/mol. The highest BCUT2D eigenvalue weighted by atomic mass is 35.5. The van der Waals surface area contributed by atoms with Gasteiger partial charge in [-0.05, 0) is 12.5 Å². The van der Waals surface area contributed by atoms with Crippen molar-refractivity contribution < 1.29 is 10.2 Å². The summed E-state index contributed by atoms with van der Waals surface area (Å²) in [6, 6.07) is 5.32. The second-order valence-corrected chi connectivity index (χ2v) is 5.43. The van der Waals surface area contributed by atoms with E-state index in [2.05, 4.69) is 12.2 Å². The first-order valence-corrected chi connectivity index (χ1v) is 6.40. The largest absolute Gasteiger partial charge is 0.507 e. The second kappa shape index (κ2) is 3.21. The van der Waals surface area contributed by atoms with E-state index in [0.717, 1.165) is 17.5 Å². The molecule has 2 atom stereocenters. The summed E-state index contributed by atoms with van der Waals surface area (Å²) in [5.74, 6) is 0.966. The Hall–Kier alpha value is -1.67. The van der Waals surface area contributed by atoms with Crippen LogP contribution in [0.25, 0.3) is 10.8 Å². The fraction of sp³-hybridized carbons (Fsp3) is 0.200. The molecule has 2 bridgehead atoms. The lowest BCUT2D eigenvalue weighted by Gasteiger charge is -2.17. The van der Waals surface area contributed by atoms with Gasteiger partial charge in [0.2, 0.25) is 0 Å². The van der Waals surface area contributed by atoms with Crippen molar-refractivity contribution in [2.75, 3.05) is 0 Å². The third-order valence-electron chi connectivity index (χ3n) is 4.13. The molecule has 0 fully saturated rings. The van der Waals surface area contributed by atoms with E-state index in [-0.39, 0.29) is 23.3 Å². The van der Waals surface area contributed by atoms with Crippen LogP contribution in [0.2, 0.25) is 5.02 Å². The van der Waals surface area contributed by atoms with Gasteiger partial charge in [0.05, 0.1) is 5.02 Å². The van der Waals surface area contributed by atoms with Crippen LogP contribution < -0.4 is 0 Å². The maximum Gasteiger partial charge on any atom is 0.129 e. The molecule has 2 nitrogen and oxygen atoms in total. The SMILES string of the molecule is Oc1c2c(c(O)c3c(Cl)cccc13)C1C=CC2C1. The number of benzene rings is 2. The van der Waals surface area contributed by atoms with Crippen LogP contribution in [0.5, 0.6) is 11.5 Å². The van der Waals surface area contributed by atoms with Crippen molar-refractivity contribution in [3.63, 3.8) is 0 Å². The molecule has 18 heavy (non-hydrogen) atoms. The van der Waals surface area contributed by atoms with Crippen LogP contribution in [-0.4, -0.2) is 10.2 Å². The molecule has 0 saturated heterocycles. The molecule has 2 aromatic carbocycles. The molecule has 2 aliphatic rings. The minimum Gasteiger partial charge on any atom is -0.507 e. The number of phenols is 2. The van der Waals surface area contributed by atoms with Gasteiger partial charge in [-0.2, -0.15) is 0 Å². The lowest BCUT2D eigenvalue weighted by atomic mass is 9.91. The van der Waals surface area contributed by atoms with Gasteiger partial charge in [-0.15, -0.1) is 0 Å². The van der Waals surface area contributed by atoms with Gasteiger partial charge < -0.3 is 10.2 Å². The standard InChI is InChI=1S/C15H11ClO2/c16-10-3-1-2-9-13(10)15(18)12-8-5-4-7(6-8)11(12)14(9)17/h1-5,7-8,17-18H,6H2. The summed E-state index contributed by atoms with van der Waals surface area (Å²) < 4.78 is 0. The summed E-state index contributed by atoms with van der Waals surface area (Å²) in [7, 11) is 0. The van der Waals surface area contributed by atoms with Gasteiger partial charge in [-0.3, -0.25) is 0 Å². The van der Waals surface area contributed by atoms with E-state index in [1.54, 1.807) is 18.2 Å². The maximum atomic E-state index is 10.5. The summed E-state index contributed by atoms with van der Waals surface area (Å²) in [4.78, 5) is 0. The Labute approximate surface area is 109 Å². The van der Waals surface area contributed by atoms with E-state index < -0.39 is 0 Å². The van der Waals surface area contributed by atoms with Crippen molar-refractivity contribution in [3.05, 3.63) is 46.5 Å². The summed E-state index contributed by atoms with van der Waals surface area (Å²) >= 11 is 6.15. The number of rotatable bonds is 0. The summed E-state index contributed by atoms with van der Waals surface area (Å²) in [6.45, 7) is 0. The van der Waals surface area contributed by atoms with Gasteiger partial charge >= 0.3 is 0 Å². The number of phenolic OH excluding ortho intramolecular Hbond substituents is 2. The second-order valence-electron chi connectivity index (χ2n) is 5.02. The van der Waals surface area contributed by atoms with Gasteiger partial charge in [0, 0.05) is 33.7 Å². The Kier molecular flexibility index (Phi) is 1.83. The van der Waals surface area contributed by atoms with Crippen molar-refractivity contribution >= 4 is 22.4 Å². The van der Waals surface area contributed by atoms with E-state index in [0.29, 0.717) is 15.8 Å². The third-order valence-corrected chi connectivity index (χ3v) is 4.45. The molecule has 0 spiro atoms. The average molecular weight is 259 g/mol. The average Bonchev–Trinajstić information content (AvgIpc) is 2.96. The Morgan fingerprint density at radius 3 is 2.39 bits per heavy atom. The Balaban J connectivity index is 2.22. The molecule has 0 amide bonds. The zero-order valence-corrected chi connectivity index (χ0v) is 10.3. The van der Waals surface area contributed by atoms with Crippen molar-refractivity contribution in [1.82, 2.24) is 0 Å². The number of halogens is 1. The van der Waals surface area contributed by atoms with Crippen molar-refractivity contribution in [1.29, 1.82) is 0 Å². The van der Waals surface area contributed by atoms with Gasteiger partial charge in [0.15, 0.2) is 0 Å². The van der Waals surface area contributed by atoms with Crippen LogP contribution in [0.3, 0.4) is 0 Å². The lowest BCUT2D eigenvalue weighted by molar-refractivity contribution is 0.460. The number of hydrogen-bond acceptors (Lipinski definition) is 2. The van der Waals surface area contributed by atoms with Gasteiger partial charge in [-0.25, -0.2) is 0 Å². The Morgan fingerprint density at radius 2 is 1.67 bits per heavy atom. The van der Waals surface area contributed by atoms with Crippen molar-refractivity contribution in [2.45, 2.75) is 18.3 Å². The van der Waals surface area contributed by atoms with E-state index >= 15 is 0 Å². The summed E-state index contributed by atoms with van der Waals surface area (Å²) in [5.41, 5.74) is 1.75. The molecule has 4 rings (SSSR count). The summed E-state index contributed by atoms with van der Waals surface area (Å²) in [5, 5.41) is 22.6. The highest BCUT2D eigenvalue weighted by molar-refractivity contribution is 6.36. The molecule has 3 heteroatoms. The molecule has 2 aliphatic carbocycles. The van der Waals surface area contributed by atoms with E-state index in [9.17, 15) is 10.2 Å². The zero-order chi connectivity index (χ0) is 12.4. The quantitative estimate of drug-likeness (QED) is 0.553. The molecule has 0 heterocycles. The molecule has 90 valence electrons. The first-order valence-electron chi connectivity index (χ1n) is 6.02. The van der Waals surface area contributed by atoms with E-state index in [4.69, 9.17) is 11.6 Å². The third kappa shape index (κ3) is 1.05. The molecule has 0 aromatic heterocycles. The smallest absolute Gasteiger partial charge is 0.129 e. The first-order chi connectivity index (χ1) is 8.68. The molecular formula is C15H11ClO2. The Bertz CT molecular complexity index is 718. The van der Waals surface area contributed by atoms with Crippen LogP contribution in [0, 0.1) is 0 Å². The fourth-order valence-electron chi connectivity index (χ4n) is 3.37. The topological polar surface area (TPSA) is 40.5 Å². The van der Waals surface area contributed by atoms with Crippen molar-refractivity contribution in [2.24, 2.45) is 0 Å². The molecule has 2 aromatic rings. The van der Waals surface area contributed by atoms with E-state index in [1.165, 1.54) is 0 Å². The highest BCUT2D eigenvalue weighted by Crippen LogP contribution is 2.58. The molecule has 2 unspecified atom stereocenters. The fourth-order valence-corrected chi connectivity index (χ4v) is 3.64. The summed E-state index contributed by atoms with van der Waals surface area (Å²) in [6.07, 6.45) is 5.17. The Morgan fingerprint density at radius 1 is 1.00 bits per heavy atom. The van der Waals surface area contributed by atoms with Gasteiger partial charge in [0.25, 0.3) is 0 Å². The minimum absolute atomic E-state index is 0.219. The van der Waals surface area contributed by atoms with Gasteiger partial charge in [-0.1, -0.05) is 35.9 Å². The molecule has 0 radical (unpaired) electrons. The molecule has 0 aliphatic heterocycles. The predicted octanol–water partition coefficient (Wildman–Crippen LogP) is 4.05. The number of fused-ring (bicyclic) bond motifs is 6. The first kappa shape index (κ1) is 10.3. The predicted molar refractivity (Wildman–Crippen MR) is 71.5 cm³/mol. The minimum atomic E-state index is 0.219. The van der Waals surface area contributed by atoms with E-state index in [1.807, 2.05) is 0 Å². The molecular weight excluding hydrogens is 248 g/mol. The number of allylic oxidation sites excluding steroid dienone is 2. The molecule has 0 saturated carbocycles. The van der Waals surface area contributed by atoms with Crippen LogP contribution >= 0.6 is 11.6 Å². The van der Waals surface area contributed by atoms with Crippen LogP contribution in [0.1, 0.15) is 29.4 Å². The highest BCUT2D eigenvalue weighted by Gasteiger charge is 2.38. The number of aromatic hydroxyl groups is 2. The zero-order valence-electron chi connectivity index (χ0n) is 9.52.